The Labute approximate surface area is 95.0 Å². The predicted molar refractivity (Wildman–Crippen MR) is 61.5 cm³/mol. The van der Waals surface area contributed by atoms with Gasteiger partial charge < -0.3 is 15.4 Å². The van der Waals surface area contributed by atoms with Gasteiger partial charge >= 0.3 is 6.09 Å². The molecule has 16 heavy (non-hydrogen) atoms. The van der Waals surface area contributed by atoms with Gasteiger partial charge in [-0.05, 0) is 25.0 Å². The molecule has 0 saturated heterocycles. The van der Waals surface area contributed by atoms with Crippen LogP contribution in [0.3, 0.4) is 0 Å². The lowest BCUT2D eigenvalue weighted by Gasteiger charge is -2.06. The number of benzene rings is 1. The van der Waals surface area contributed by atoms with Crippen LogP contribution in [0.25, 0.3) is 0 Å². The van der Waals surface area contributed by atoms with E-state index in [9.17, 15) is 4.79 Å². The molecule has 1 aliphatic carbocycles. The Balaban J connectivity index is 1.60. The summed E-state index contributed by atoms with van der Waals surface area (Å²) in [5.74, 6) is 0.565. The van der Waals surface area contributed by atoms with Crippen molar-refractivity contribution in [3.63, 3.8) is 0 Å². The van der Waals surface area contributed by atoms with Crippen LogP contribution in [0.15, 0.2) is 30.3 Å². The van der Waals surface area contributed by atoms with E-state index in [0.29, 0.717) is 18.3 Å². The second-order valence-electron chi connectivity index (χ2n) is 3.86. The minimum atomic E-state index is -0.399. The van der Waals surface area contributed by atoms with Gasteiger partial charge in [-0.3, -0.25) is 0 Å². The molecule has 1 amide bonds. The molecule has 1 fully saturated rings. The Bertz CT molecular complexity index is 336. The Hall–Kier alpha value is -1.55. The number of carbonyl (C=O) groups is 1. The van der Waals surface area contributed by atoms with E-state index in [0.717, 1.165) is 6.54 Å². The maximum atomic E-state index is 11.3. The van der Waals surface area contributed by atoms with Crippen LogP contribution in [-0.2, 0) is 0 Å². The van der Waals surface area contributed by atoms with E-state index in [1.54, 1.807) is 12.1 Å². The molecule has 0 radical (unpaired) electrons. The molecule has 0 aliphatic heterocycles. The van der Waals surface area contributed by atoms with Crippen molar-refractivity contribution in [1.82, 2.24) is 10.6 Å². The van der Waals surface area contributed by atoms with Gasteiger partial charge in [0.25, 0.3) is 0 Å². The first-order valence-electron chi connectivity index (χ1n) is 5.59. The highest BCUT2D eigenvalue weighted by Crippen LogP contribution is 2.17. The summed E-state index contributed by atoms with van der Waals surface area (Å²) in [5.41, 5.74) is 0. The van der Waals surface area contributed by atoms with Gasteiger partial charge in [0, 0.05) is 19.1 Å². The number of rotatable bonds is 5. The normalized spacial score (nSPS) is 14.5. The third-order valence-electron chi connectivity index (χ3n) is 2.36. The molecule has 0 unspecified atom stereocenters. The standard InChI is InChI=1S/C12H16N2O2/c15-12(14-9-8-13-10-6-7-10)16-11-4-2-1-3-5-11/h1-5,10,13H,6-9H2,(H,14,15). The molecule has 2 N–H and O–H groups in total. The van der Waals surface area contributed by atoms with Crippen LogP contribution >= 0.6 is 0 Å². The molecular formula is C12H16N2O2. The number of para-hydroxylation sites is 1. The maximum absolute atomic E-state index is 11.3. The third-order valence-corrected chi connectivity index (χ3v) is 2.36. The Morgan fingerprint density at radius 2 is 2.00 bits per heavy atom. The van der Waals surface area contributed by atoms with Crippen molar-refractivity contribution >= 4 is 6.09 Å². The summed E-state index contributed by atoms with van der Waals surface area (Å²) < 4.78 is 5.06. The van der Waals surface area contributed by atoms with Crippen molar-refractivity contribution in [3.05, 3.63) is 30.3 Å². The van der Waals surface area contributed by atoms with Crippen LogP contribution in [0, 0.1) is 0 Å². The fraction of sp³-hybridized carbons (Fsp3) is 0.417. The molecule has 0 heterocycles. The van der Waals surface area contributed by atoms with Crippen molar-refractivity contribution in [2.45, 2.75) is 18.9 Å². The summed E-state index contributed by atoms with van der Waals surface area (Å²) in [5, 5.41) is 6.00. The molecule has 1 saturated carbocycles. The number of ether oxygens (including phenoxy) is 1. The quantitative estimate of drug-likeness (QED) is 0.740. The van der Waals surface area contributed by atoms with Gasteiger partial charge in [0.05, 0.1) is 0 Å². The first kappa shape index (κ1) is 11.0. The lowest BCUT2D eigenvalue weighted by molar-refractivity contribution is 0.200. The van der Waals surface area contributed by atoms with E-state index in [4.69, 9.17) is 4.74 Å². The fourth-order valence-electron chi connectivity index (χ4n) is 1.36. The van der Waals surface area contributed by atoms with Gasteiger partial charge in [0.15, 0.2) is 0 Å². The summed E-state index contributed by atoms with van der Waals surface area (Å²) in [7, 11) is 0. The van der Waals surface area contributed by atoms with E-state index in [2.05, 4.69) is 10.6 Å². The number of hydrogen-bond acceptors (Lipinski definition) is 3. The summed E-state index contributed by atoms with van der Waals surface area (Å²) in [4.78, 5) is 11.3. The highest BCUT2D eigenvalue weighted by atomic mass is 16.5. The summed E-state index contributed by atoms with van der Waals surface area (Å²) in [6.07, 6.45) is 2.12. The lowest BCUT2D eigenvalue weighted by Crippen LogP contribution is -2.34. The van der Waals surface area contributed by atoms with E-state index < -0.39 is 6.09 Å². The smallest absolute Gasteiger partial charge is 0.410 e. The average molecular weight is 220 g/mol. The van der Waals surface area contributed by atoms with Crippen LogP contribution in [0.2, 0.25) is 0 Å². The number of amides is 1. The predicted octanol–water partition coefficient (Wildman–Crippen LogP) is 1.53. The molecule has 4 nitrogen and oxygen atoms in total. The molecule has 2 rings (SSSR count). The van der Waals surface area contributed by atoms with E-state index in [-0.39, 0.29) is 0 Å². The highest BCUT2D eigenvalue weighted by molar-refractivity contribution is 5.70. The number of hydrogen-bond donors (Lipinski definition) is 2. The topological polar surface area (TPSA) is 50.4 Å². The molecule has 1 aromatic carbocycles. The molecule has 86 valence electrons. The molecule has 1 aliphatic rings. The van der Waals surface area contributed by atoms with Gasteiger partial charge in [0.1, 0.15) is 5.75 Å². The molecule has 0 atom stereocenters. The lowest BCUT2D eigenvalue weighted by atomic mass is 10.3. The van der Waals surface area contributed by atoms with Gasteiger partial charge in [-0.2, -0.15) is 0 Å². The molecule has 0 bridgehead atoms. The number of nitrogens with one attached hydrogen (secondary N) is 2. The van der Waals surface area contributed by atoms with Crippen molar-refractivity contribution in [3.8, 4) is 5.75 Å². The zero-order chi connectivity index (χ0) is 11.2. The first-order valence-corrected chi connectivity index (χ1v) is 5.59. The Morgan fingerprint density at radius 1 is 1.25 bits per heavy atom. The molecular weight excluding hydrogens is 204 g/mol. The van der Waals surface area contributed by atoms with E-state index in [1.807, 2.05) is 18.2 Å². The summed E-state index contributed by atoms with van der Waals surface area (Å²) in [6, 6.07) is 9.72. The van der Waals surface area contributed by atoms with Gasteiger partial charge in [-0.15, -0.1) is 0 Å². The first-order chi connectivity index (χ1) is 7.84. The van der Waals surface area contributed by atoms with Crippen LogP contribution < -0.4 is 15.4 Å². The van der Waals surface area contributed by atoms with Crippen molar-refractivity contribution in [2.75, 3.05) is 13.1 Å². The van der Waals surface area contributed by atoms with Crippen LogP contribution in [0.5, 0.6) is 5.75 Å². The minimum Gasteiger partial charge on any atom is -0.410 e. The van der Waals surface area contributed by atoms with Crippen molar-refractivity contribution in [1.29, 1.82) is 0 Å². The summed E-state index contributed by atoms with van der Waals surface area (Å²) in [6.45, 7) is 1.40. The average Bonchev–Trinajstić information content (AvgIpc) is 3.10. The third kappa shape index (κ3) is 3.90. The fourth-order valence-corrected chi connectivity index (χ4v) is 1.36. The molecule has 4 heteroatoms. The zero-order valence-corrected chi connectivity index (χ0v) is 9.11. The largest absolute Gasteiger partial charge is 0.412 e. The Kier molecular flexibility index (Phi) is 3.77. The van der Waals surface area contributed by atoms with Crippen molar-refractivity contribution in [2.24, 2.45) is 0 Å². The second-order valence-corrected chi connectivity index (χ2v) is 3.86. The number of carbonyl (C=O) groups excluding carboxylic acids is 1. The van der Waals surface area contributed by atoms with Gasteiger partial charge in [-0.1, -0.05) is 18.2 Å². The van der Waals surface area contributed by atoms with E-state index >= 15 is 0 Å². The second kappa shape index (κ2) is 5.51. The summed E-state index contributed by atoms with van der Waals surface area (Å²) >= 11 is 0. The van der Waals surface area contributed by atoms with Gasteiger partial charge in [-0.25, -0.2) is 4.79 Å². The molecule has 0 aromatic heterocycles. The van der Waals surface area contributed by atoms with Crippen LogP contribution in [0.1, 0.15) is 12.8 Å². The van der Waals surface area contributed by atoms with Crippen molar-refractivity contribution < 1.29 is 9.53 Å². The monoisotopic (exact) mass is 220 g/mol. The van der Waals surface area contributed by atoms with E-state index in [1.165, 1.54) is 12.8 Å². The zero-order valence-electron chi connectivity index (χ0n) is 9.11. The van der Waals surface area contributed by atoms with Crippen LogP contribution in [0.4, 0.5) is 4.79 Å². The minimum absolute atomic E-state index is 0.399. The van der Waals surface area contributed by atoms with Gasteiger partial charge in [0.2, 0.25) is 0 Å². The molecule has 0 spiro atoms. The SMILES string of the molecule is O=C(NCCNC1CC1)Oc1ccccc1. The van der Waals surface area contributed by atoms with Crippen LogP contribution in [-0.4, -0.2) is 25.2 Å². The maximum Gasteiger partial charge on any atom is 0.412 e. The molecule has 1 aromatic rings. The highest BCUT2D eigenvalue weighted by Gasteiger charge is 2.19. The Morgan fingerprint density at radius 3 is 2.69 bits per heavy atom.